The molecule has 0 aliphatic heterocycles. The zero-order valence-corrected chi connectivity index (χ0v) is 17.7. The molecule has 0 spiro atoms. The zero-order chi connectivity index (χ0) is 20.6. The van der Waals surface area contributed by atoms with Gasteiger partial charge in [0.15, 0.2) is 0 Å². The van der Waals surface area contributed by atoms with Gasteiger partial charge in [0.1, 0.15) is 11.6 Å². The van der Waals surface area contributed by atoms with Crippen LogP contribution in [0.15, 0.2) is 42.5 Å². The van der Waals surface area contributed by atoms with Crippen LogP contribution >= 0.6 is 0 Å². The number of rotatable bonds is 10. The Morgan fingerprint density at radius 3 is 2.62 bits per heavy atom. The fourth-order valence-corrected chi connectivity index (χ4v) is 3.58. The molecule has 1 aromatic heterocycles. The fourth-order valence-electron chi connectivity index (χ4n) is 3.58. The number of unbranched alkanes of at least 4 members (excludes halogenated alkanes) is 1. The summed E-state index contributed by atoms with van der Waals surface area (Å²) in [6, 6.07) is 14.5. The molecule has 2 aromatic carbocycles. The van der Waals surface area contributed by atoms with Gasteiger partial charge < -0.3 is 14.6 Å². The molecule has 0 radical (unpaired) electrons. The van der Waals surface area contributed by atoms with Gasteiger partial charge in [0.25, 0.3) is 0 Å². The van der Waals surface area contributed by atoms with Gasteiger partial charge in [-0.05, 0) is 62.1 Å². The van der Waals surface area contributed by atoms with Gasteiger partial charge in [0, 0.05) is 25.9 Å². The van der Waals surface area contributed by atoms with Crippen molar-refractivity contribution in [2.45, 2.75) is 53.0 Å². The van der Waals surface area contributed by atoms with Gasteiger partial charge in [-0.25, -0.2) is 4.98 Å². The predicted molar refractivity (Wildman–Crippen MR) is 117 cm³/mol. The molecular weight excluding hydrogens is 362 g/mol. The van der Waals surface area contributed by atoms with E-state index < -0.39 is 0 Å². The van der Waals surface area contributed by atoms with Crippen LogP contribution in [0.5, 0.6) is 5.75 Å². The third-order valence-electron chi connectivity index (χ3n) is 4.97. The van der Waals surface area contributed by atoms with Crippen molar-refractivity contribution in [3.63, 3.8) is 0 Å². The quantitative estimate of drug-likeness (QED) is 0.513. The summed E-state index contributed by atoms with van der Waals surface area (Å²) in [6.07, 6.45) is 3.24. The van der Waals surface area contributed by atoms with E-state index in [0.29, 0.717) is 19.6 Å². The minimum absolute atomic E-state index is 0.0798. The van der Waals surface area contributed by atoms with Crippen LogP contribution < -0.4 is 10.1 Å². The molecule has 154 valence electrons. The van der Waals surface area contributed by atoms with E-state index in [9.17, 15) is 4.79 Å². The molecule has 0 saturated carbocycles. The Kier molecular flexibility index (Phi) is 7.28. The van der Waals surface area contributed by atoms with Crippen LogP contribution in [0.2, 0.25) is 0 Å². The number of carbonyl (C=O) groups excluding carboxylic acids is 1. The summed E-state index contributed by atoms with van der Waals surface area (Å²) in [4.78, 5) is 16.3. The summed E-state index contributed by atoms with van der Waals surface area (Å²) >= 11 is 0. The van der Waals surface area contributed by atoms with Gasteiger partial charge in [-0.3, -0.25) is 4.79 Å². The topological polar surface area (TPSA) is 56.2 Å². The molecule has 1 amide bonds. The molecule has 0 atom stereocenters. The molecule has 0 unspecified atom stereocenters. The van der Waals surface area contributed by atoms with Crippen LogP contribution in [-0.4, -0.2) is 28.6 Å². The molecular formula is C24H31N3O2. The fraction of sp³-hybridized carbons (Fsp3) is 0.417. The summed E-state index contributed by atoms with van der Waals surface area (Å²) in [7, 11) is 0. The number of aryl methyl sites for hydroxylation is 3. The summed E-state index contributed by atoms with van der Waals surface area (Å²) in [6.45, 7) is 8.27. The standard InChI is InChI=1S/C24H31N3O2/c1-4-24(28)25-12-11-23-26-21-9-5-6-10-22(21)27(23)13-7-8-14-29-20-16-18(2)15-19(3)17-20/h5-6,9-10,15-17H,4,7-8,11-14H2,1-3H3,(H,25,28). The number of hydrogen-bond donors (Lipinski definition) is 1. The van der Waals surface area contributed by atoms with E-state index in [1.165, 1.54) is 11.1 Å². The minimum atomic E-state index is 0.0798. The highest BCUT2D eigenvalue weighted by Crippen LogP contribution is 2.19. The number of fused-ring (bicyclic) bond motifs is 1. The number of imidazole rings is 1. The van der Waals surface area contributed by atoms with Crippen molar-refractivity contribution in [1.29, 1.82) is 0 Å². The Labute approximate surface area is 173 Å². The largest absolute Gasteiger partial charge is 0.494 e. The number of amides is 1. The highest BCUT2D eigenvalue weighted by atomic mass is 16.5. The maximum Gasteiger partial charge on any atom is 0.219 e. The third kappa shape index (κ3) is 5.83. The van der Waals surface area contributed by atoms with Crippen LogP contribution in [0.1, 0.15) is 43.1 Å². The first kappa shape index (κ1) is 20.9. The number of nitrogens with zero attached hydrogens (tertiary/aromatic N) is 2. The maximum absolute atomic E-state index is 11.5. The monoisotopic (exact) mass is 393 g/mol. The number of hydrogen-bond acceptors (Lipinski definition) is 3. The van der Waals surface area contributed by atoms with Gasteiger partial charge in [-0.1, -0.05) is 25.1 Å². The van der Waals surface area contributed by atoms with Crippen molar-refractivity contribution in [1.82, 2.24) is 14.9 Å². The first-order chi connectivity index (χ1) is 14.1. The predicted octanol–water partition coefficient (Wildman–Crippen LogP) is 4.58. The van der Waals surface area contributed by atoms with Crippen molar-refractivity contribution < 1.29 is 9.53 Å². The second-order valence-corrected chi connectivity index (χ2v) is 7.50. The van der Waals surface area contributed by atoms with Crippen molar-refractivity contribution >= 4 is 16.9 Å². The number of aromatic nitrogens is 2. The molecule has 3 rings (SSSR count). The molecule has 0 aliphatic rings. The lowest BCUT2D eigenvalue weighted by atomic mass is 10.1. The van der Waals surface area contributed by atoms with Crippen LogP contribution in [0.3, 0.4) is 0 Å². The number of para-hydroxylation sites is 2. The average Bonchev–Trinajstić information content (AvgIpc) is 3.04. The maximum atomic E-state index is 11.5. The molecule has 1 N–H and O–H groups in total. The van der Waals surface area contributed by atoms with Gasteiger partial charge in [0.2, 0.25) is 5.91 Å². The van der Waals surface area contributed by atoms with Crippen LogP contribution in [0.4, 0.5) is 0 Å². The molecule has 5 heteroatoms. The van der Waals surface area contributed by atoms with Crippen LogP contribution in [-0.2, 0) is 17.8 Å². The third-order valence-corrected chi connectivity index (χ3v) is 4.97. The van der Waals surface area contributed by atoms with Crippen molar-refractivity contribution in [2.24, 2.45) is 0 Å². The second kappa shape index (κ2) is 10.1. The van der Waals surface area contributed by atoms with Gasteiger partial charge in [0.05, 0.1) is 17.6 Å². The van der Waals surface area contributed by atoms with E-state index in [-0.39, 0.29) is 5.91 Å². The lowest BCUT2D eigenvalue weighted by Gasteiger charge is -2.11. The molecule has 0 fully saturated rings. The molecule has 0 saturated heterocycles. The molecule has 0 aliphatic carbocycles. The normalized spacial score (nSPS) is 11.0. The van der Waals surface area contributed by atoms with Crippen molar-refractivity contribution in [3.8, 4) is 5.75 Å². The first-order valence-electron chi connectivity index (χ1n) is 10.5. The Hall–Kier alpha value is -2.82. The number of ether oxygens (including phenoxy) is 1. The van der Waals surface area contributed by atoms with Gasteiger partial charge in [-0.2, -0.15) is 0 Å². The van der Waals surface area contributed by atoms with E-state index in [1.54, 1.807) is 0 Å². The van der Waals surface area contributed by atoms with Crippen molar-refractivity contribution in [3.05, 3.63) is 59.4 Å². The summed E-state index contributed by atoms with van der Waals surface area (Å²) in [5.41, 5.74) is 4.62. The Balaban J connectivity index is 1.56. The van der Waals surface area contributed by atoms with Crippen molar-refractivity contribution in [2.75, 3.05) is 13.2 Å². The number of benzene rings is 2. The molecule has 0 bridgehead atoms. The zero-order valence-electron chi connectivity index (χ0n) is 17.7. The van der Waals surface area contributed by atoms with E-state index in [0.717, 1.165) is 48.4 Å². The minimum Gasteiger partial charge on any atom is -0.494 e. The van der Waals surface area contributed by atoms with Crippen LogP contribution in [0, 0.1) is 13.8 Å². The molecule has 3 aromatic rings. The summed E-state index contributed by atoms with van der Waals surface area (Å²) in [5.74, 6) is 2.05. The molecule has 1 heterocycles. The highest BCUT2D eigenvalue weighted by molar-refractivity contribution is 5.76. The SMILES string of the molecule is CCC(=O)NCCc1nc2ccccc2n1CCCCOc1cc(C)cc(C)c1. The smallest absolute Gasteiger partial charge is 0.219 e. The summed E-state index contributed by atoms with van der Waals surface area (Å²) in [5, 5.41) is 2.94. The number of carbonyl (C=O) groups is 1. The highest BCUT2D eigenvalue weighted by Gasteiger charge is 2.10. The number of nitrogens with one attached hydrogen (secondary N) is 1. The van der Waals surface area contributed by atoms with E-state index >= 15 is 0 Å². The Morgan fingerprint density at radius 2 is 1.86 bits per heavy atom. The Morgan fingerprint density at radius 1 is 1.10 bits per heavy atom. The van der Waals surface area contributed by atoms with E-state index in [1.807, 2.05) is 25.1 Å². The summed E-state index contributed by atoms with van der Waals surface area (Å²) < 4.78 is 8.22. The molecule has 5 nitrogen and oxygen atoms in total. The van der Waals surface area contributed by atoms with Gasteiger partial charge in [-0.15, -0.1) is 0 Å². The lowest BCUT2D eigenvalue weighted by Crippen LogP contribution is -2.25. The van der Waals surface area contributed by atoms with E-state index in [4.69, 9.17) is 9.72 Å². The average molecular weight is 394 g/mol. The van der Waals surface area contributed by atoms with Gasteiger partial charge >= 0.3 is 0 Å². The second-order valence-electron chi connectivity index (χ2n) is 7.50. The lowest BCUT2D eigenvalue weighted by molar-refractivity contribution is -0.120. The Bertz CT molecular complexity index is 942. The first-order valence-corrected chi connectivity index (χ1v) is 10.5. The molecule has 29 heavy (non-hydrogen) atoms. The van der Waals surface area contributed by atoms with E-state index in [2.05, 4.69) is 48.0 Å². The van der Waals surface area contributed by atoms with Crippen LogP contribution in [0.25, 0.3) is 11.0 Å².